The third-order valence-electron chi connectivity index (χ3n) is 6.11. The Hall–Kier alpha value is -4.15. The molecule has 0 saturated heterocycles. The van der Waals surface area contributed by atoms with Gasteiger partial charge in [0.15, 0.2) is 23.3 Å². The first-order valence-corrected chi connectivity index (χ1v) is 11.1. The van der Waals surface area contributed by atoms with E-state index < -0.39 is 46.3 Å². The SMILES string of the molecule is Cc1c(CCC(=O)NC(CCc2ccc(F)c(F)c2)c2ccc(F)c(F)c2)c(=O)[nH]c2[nH][nH]c(=O)c12. The highest BCUT2D eigenvalue weighted by atomic mass is 19.2. The van der Waals surface area contributed by atoms with Gasteiger partial charge in [0, 0.05) is 12.0 Å². The van der Waals surface area contributed by atoms with Crippen LogP contribution in [0.25, 0.3) is 11.0 Å². The zero-order valence-electron chi connectivity index (χ0n) is 19.1. The zero-order chi connectivity index (χ0) is 26.0. The number of hydrogen-bond acceptors (Lipinski definition) is 3. The molecular weight excluding hydrogens is 480 g/mol. The third kappa shape index (κ3) is 5.24. The number of benzene rings is 2. The van der Waals surface area contributed by atoms with Gasteiger partial charge in [0.25, 0.3) is 11.1 Å². The number of carbonyl (C=O) groups is 1. The van der Waals surface area contributed by atoms with Crippen LogP contribution in [0.5, 0.6) is 0 Å². The van der Waals surface area contributed by atoms with Crippen LogP contribution in [0.1, 0.15) is 41.1 Å². The minimum absolute atomic E-state index is 0.0290. The van der Waals surface area contributed by atoms with Gasteiger partial charge in [-0.1, -0.05) is 12.1 Å². The van der Waals surface area contributed by atoms with Gasteiger partial charge in [0.05, 0.1) is 11.4 Å². The fourth-order valence-electron chi connectivity index (χ4n) is 4.18. The van der Waals surface area contributed by atoms with E-state index in [0.29, 0.717) is 16.7 Å². The number of aromatic amines is 3. The van der Waals surface area contributed by atoms with Gasteiger partial charge in [-0.05, 0) is 67.1 Å². The van der Waals surface area contributed by atoms with E-state index in [4.69, 9.17) is 0 Å². The molecule has 2 aromatic carbocycles. The van der Waals surface area contributed by atoms with Gasteiger partial charge in [-0.2, -0.15) is 0 Å². The van der Waals surface area contributed by atoms with Crippen molar-refractivity contribution in [3.05, 3.63) is 103 Å². The van der Waals surface area contributed by atoms with Crippen molar-refractivity contribution < 1.29 is 22.4 Å². The van der Waals surface area contributed by atoms with Crippen LogP contribution < -0.4 is 16.4 Å². The lowest BCUT2D eigenvalue weighted by Crippen LogP contribution is -2.30. The maximum Gasteiger partial charge on any atom is 0.273 e. The van der Waals surface area contributed by atoms with Crippen LogP contribution in [0.4, 0.5) is 17.6 Å². The van der Waals surface area contributed by atoms with E-state index in [2.05, 4.69) is 20.5 Å². The number of fused-ring (bicyclic) bond motifs is 1. The molecule has 4 aromatic rings. The van der Waals surface area contributed by atoms with Crippen molar-refractivity contribution in [2.75, 3.05) is 0 Å². The van der Waals surface area contributed by atoms with Crippen LogP contribution in [0.15, 0.2) is 46.0 Å². The largest absolute Gasteiger partial charge is 0.349 e. The molecule has 0 fully saturated rings. The molecule has 0 aliphatic heterocycles. The van der Waals surface area contributed by atoms with Crippen molar-refractivity contribution in [2.45, 2.75) is 38.6 Å². The number of H-pyrrole nitrogens is 3. The summed E-state index contributed by atoms with van der Waals surface area (Å²) in [6, 6.07) is 5.89. The molecule has 1 amide bonds. The Morgan fingerprint density at radius 1 is 0.889 bits per heavy atom. The second-order valence-electron chi connectivity index (χ2n) is 8.47. The summed E-state index contributed by atoms with van der Waals surface area (Å²) < 4.78 is 54.1. The summed E-state index contributed by atoms with van der Waals surface area (Å²) in [4.78, 5) is 39.8. The standard InChI is InChI=1S/C25H22F4N4O3/c1-12-15(24(35)31-23-22(12)25(36)33-32-23)5-9-21(34)30-20(14-4-7-17(27)19(29)11-14)8-3-13-2-6-16(26)18(28)10-13/h2,4,6-7,10-11,20H,3,5,8-9H2,1H3,(H,30,34)(H3,31,32,33,35,36). The molecule has 188 valence electrons. The van der Waals surface area contributed by atoms with Crippen LogP contribution in [0.3, 0.4) is 0 Å². The van der Waals surface area contributed by atoms with E-state index in [1.54, 1.807) is 6.92 Å². The van der Waals surface area contributed by atoms with E-state index in [1.165, 1.54) is 12.1 Å². The van der Waals surface area contributed by atoms with Gasteiger partial charge in [-0.3, -0.25) is 24.6 Å². The molecule has 0 bridgehead atoms. The number of carbonyl (C=O) groups excluding carboxylic acids is 1. The highest BCUT2D eigenvalue weighted by Crippen LogP contribution is 2.23. The quantitative estimate of drug-likeness (QED) is 0.275. The Kier molecular flexibility index (Phi) is 7.09. The van der Waals surface area contributed by atoms with Crippen LogP contribution in [0.2, 0.25) is 0 Å². The van der Waals surface area contributed by atoms with E-state index in [0.717, 1.165) is 24.3 Å². The first-order valence-electron chi connectivity index (χ1n) is 11.1. The minimum atomic E-state index is -1.09. The summed E-state index contributed by atoms with van der Waals surface area (Å²) in [6.45, 7) is 1.61. The summed E-state index contributed by atoms with van der Waals surface area (Å²) >= 11 is 0. The fourth-order valence-corrected chi connectivity index (χ4v) is 4.18. The number of rotatable bonds is 8. The van der Waals surface area contributed by atoms with Crippen molar-refractivity contribution in [2.24, 2.45) is 0 Å². The Bertz CT molecular complexity index is 1560. The lowest BCUT2D eigenvalue weighted by Gasteiger charge is -2.20. The van der Waals surface area contributed by atoms with E-state index in [9.17, 15) is 31.9 Å². The van der Waals surface area contributed by atoms with Crippen molar-refractivity contribution >= 4 is 16.9 Å². The molecule has 4 N–H and O–H groups in total. The molecule has 7 nitrogen and oxygen atoms in total. The molecule has 2 aromatic heterocycles. The highest BCUT2D eigenvalue weighted by Gasteiger charge is 2.19. The predicted molar refractivity (Wildman–Crippen MR) is 125 cm³/mol. The summed E-state index contributed by atoms with van der Waals surface area (Å²) in [5.74, 6) is -4.62. The topological polar surface area (TPSA) is 111 Å². The first kappa shape index (κ1) is 25.0. The molecule has 4 rings (SSSR count). The maximum atomic E-state index is 13.9. The van der Waals surface area contributed by atoms with Crippen molar-refractivity contribution in [3.8, 4) is 0 Å². The van der Waals surface area contributed by atoms with Gasteiger partial charge in [-0.25, -0.2) is 17.6 Å². The molecule has 11 heteroatoms. The summed E-state index contributed by atoms with van der Waals surface area (Å²) in [7, 11) is 0. The minimum Gasteiger partial charge on any atom is -0.349 e. The lowest BCUT2D eigenvalue weighted by atomic mass is 9.98. The molecule has 0 radical (unpaired) electrons. The molecule has 1 unspecified atom stereocenters. The van der Waals surface area contributed by atoms with Crippen LogP contribution in [-0.4, -0.2) is 21.1 Å². The number of halogens is 4. The third-order valence-corrected chi connectivity index (χ3v) is 6.11. The maximum absolute atomic E-state index is 13.9. The Balaban J connectivity index is 1.51. The molecule has 2 heterocycles. The van der Waals surface area contributed by atoms with E-state index >= 15 is 0 Å². The average molecular weight is 502 g/mol. The van der Waals surface area contributed by atoms with Crippen LogP contribution in [0, 0.1) is 30.2 Å². The number of nitrogens with one attached hydrogen (secondary N) is 4. The lowest BCUT2D eigenvalue weighted by molar-refractivity contribution is -0.121. The van der Waals surface area contributed by atoms with Crippen molar-refractivity contribution in [1.82, 2.24) is 20.5 Å². The first-order chi connectivity index (χ1) is 17.1. The van der Waals surface area contributed by atoms with Gasteiger partial charge in [0.1, 0.15) is 5.65 Å². The molecule has 36 heavy (non-hydrogen) atoms. The van der Waals surface area contributed by atoms with Crippen LogP contribution in [-0.2, 0) is 17.6 Å². The number of pyridine rings is 1. The van der Waals surface area contributed by atoms with Gasteiger partial charge in [0.2, 0.25) is 5.91 Å². The van der Waals surface area contributed by atoms with E-state index in [1.807, 2.05) is 0 Å². The molecule has 0 saturated carbocycles. The number of hydrogen-bond donors (Lipinski definition) is 4. The molecule has 1 atom stereocenters. The second-order valence-corrected chi connectivity index (χ2v) is 8.47. The molecule has 0 aliphatic carbocycles. The fraction of sp³-hybridized carbons (Fsp3) is 0.240. The second kappa shape index (κ2) is 10.2. The normalized spacial score (nSPS) is 12.1. The number of aryl methyl sites for hydroxylation is 2. The summed E-state index contributed by atoms with van der Waals surface area (Å²) in [5.41, 5.74) is 0.875. The smallest absolute Gasteiger partial charge is 0.273 e. The Morgan fingerprint density at radius 2 is 1.58 bits per heavy atom. The molecular formula is C25H22F4N4O3. The zero-order valence-corrected chi connectivity index (χ0v) is 19.1. The Labute approximate surface area is 201 Å². The summed E-state index contributed by atoms with van der Waals surface area (Å²) in [5, 5.41) is 8.00. The monoisotopic (exact) mass is 502 g/mol. The van der Waals surface area contributed by atoms with Gasteiger partial charge in [-0.15, -0.1) is 0 Å². The van der Waals surface area contributed by atoms with Gasteiger partial charge < -0.3 is 10.3 Å². The predicted octanol–water partition coefficient (Wildman–Crippen LogP) is 3.83. The van der Waals surface area contributed by atoms with Crippen molar-refractivity contribution in [1.29, 1.82) is 0 Å². The van der Waals surface area contributed by atoms with Crippen molar-refractivity contribution in [3.63, 3.8) is 0 Å². The highest BCUT2D eigenvalue weighted by molar-refractivity contribution is 5.80. The van der Waals surface area contributed by atoms with E-state index in [-0.39, 0.29) is 42.3 Å². The average Bonchev–Trinajstić information content (AvgIpc) is 3.20. The van der Waals surface area contributed by atoms with Gasteiger partial charge >= 0.3 is 0 Å². The summed E-state index contributed by atoms with van der Waals surface area (Å²) in [6.07, 6.45) is 0.309. The number of aromatic nitrogens is 3. The molecule has 0 spiro atoms. The molecule has 0 aliphatic rings. The number of amides is 1. The van der Waals surface area contributed by atoms with Crippen LogP contribution >= 0.6 is 0 Å². The Morgan fingerprint density at radius 3 is 2.28 bits per heavy atom.